The lowest BCUT2D eigenvalue weighted by molar-refractivity contribution is -0.140. The van der Waals surface area contributed by atoms with Crippen molar-refractivity contribution in [1.82, 2.24) is 10.6 Å². The monoisotopic (exact) mass is 496 g/mol. The van der Waals surface area contributed by atoms with E-state index in [0.717, 1.165) is 17.7 Å². The summed E-state index contributed by atoms with van der Waals surface area (Å²) in [6.07, 6.45) is 3.66. The summed E-state index contributed by atoms with van der Waals surface area (Å²) >= 11 is 0. The summed E-state index contributed by atoms with van der Waals surface area (Å²) in [4.78, 5) is 37.6. The first-order valence-electron chi connectivity index (χ1n) is 11.6. The van der Waals surface area contributed by atoms with E-state index in [2.05, 4.69) is 10.6 Å². The number of urea groups is 1. The third kappa shape index (κ3) is 5.37. The van der Waals surface area contributed by atoms with Crippen LogP contribution in [0.3, 0.4) is 0 Å². The third-order valence-corrected chi connectivity index (χ3v) is 5.70. The Morgan fingerprint density at radius 1 is 1.22 bits per heavy atom. The number of methoxy groups -OCH3 is 1. The maximum atomic E-state index is 12.8. The van der Waals surface area contributed by atoms with Crippen molar-refractivity contribution in [3.63, 3.8) is 0 Å². The van der Waals surface area contributed by atoms with E-state index in [1.807, 2.05) is 19.1 Å². The Labute approximate surface area is 208 Å². The fourth-order valence-corrected chi connectivity index (χ4v) is 4.12. The molecule has 0 saturated carbocycles. The summed E-state index contributed by atoms with van der Waals surface area (Å²) in [6, 6.07) is 5.61. The minimum absolute atomic E-state index is 0.0740. The highest BCUT2D eigenvalue weighted by molar-refractivity contribution is 5.95. The molecular weight excluding hydrogens is 468 g/mol. The number of carbonyl (C=O) groups is 3. The molecule has 0 fully saturated rings. The minimum atomic E-state index is -0.895. The van der Waals surface area contributed by atoms with Crippen molar-refractivity contribution in [2.45, 2.75) is 39.3 Å². The molecule has 2 aromatic rings. The van der Waals surface area contributed by atoms with Gasteiger partial charge in [-0.2, -0.15) is 0 Å². The van der Waals surface area contributed by atoms with Crippen LogP contribution < -0.4 is 20.1 Å². The molecule has 1 aromatic carbocycles. The summed E-state index contributed by atoms with van der Waals surface area (Å²) in [5.74, 6) is 0.973. The Hall–Kier alpha value is -4.21. The average Bonchev–Trinajstić information content (AvgIpc) is 3.44. The van der Waals surface area contributed by atoms with Crippen LogP contribution in [0, 0.1) is 6.92 Å². The first-order chi connectivity index (χ1) is 17.3. The van der Waals surface area contributed by atoms with Crippen LogP contribution in [0.5, 0.6) is 11.5 Å². The number of hydrogen-bond donors (Lipinski definition) is 2. The lowest BCUT2D eigenvalue weighted by atomic mass is 10.0. The third-order valence-electron chi connectivity index (χ3n) is 5.70. The van der Waals surface area contributed by atoms with Gasteiger partial charge in [0, 0.05) is 23.6 Å². The summed E-state index contributed by atoms with van der Waals surface area (Å²) < 4.78 is 27.4. The highest BCUT2D eigenvalue weighted by Crippen LogP contribution is 2.35. The molecule has 2 aliphatic heterocycles. The Balaban J connectivity index is 1.53. The molecule has 0 bridgehead atoms. The van der Waals surface area contributed by atoms with Gasteiger partial charge in [-0.05, 0) is 51.1 Å². The summed E-state index contributed by atoms with van der Waals surface area (Å²) in [5, 5.41) is 5.19. The second-order valence-electron chi connectivity index (χ2n) is 8.37. The number of aryl methyl sites for hydroxylation is 1. The van der Waals surface area contributed by atoms with Gasteiger partial charge in [0.15, 0.2) is 0 Å². The van der Waals surface area contributed by atoms with Gasteiger partial charge in [0.1, 0.15) is 41.8 Å². The zero-order valence-electron chi connectivity index (χ0n) is 20.5. The standard InChI is InChI=1S/C26H28N2O8/c1-5-33-25(30)23-18(27-26(31)28-24(23)19-8-6-14(2)35-19)13-34-22(29)9-7-16-11-21-17(10-15(3)36-21)12-20(16)32-4/h6-9,11-12,15,24H,5,10,13H2,1-4H3,(H2,27,28,31)/b9-7+/t15-,24+/m0/s1. The lowest BCUT2D eigenvalue weighted by Crippen LogP contribution is -2.47. The van der Waals surface area contributed by atoms with E-state index in [1.165, 1.54) is 6.08 Å². The maximum Gasteiger partial charge on any atom is 0.338 e. The molecule has 190 valence electrons. The number of ether oxygens (including phenoxy) is 4. The van der Waals surface area contributed by atoms with E-state index in [9.17, 15) is 14.4 Å². The Morgan fingerprint density at radius 2 is 2.03 bits per heavy atom. The van der Waals surface area contributed by atoms with Crippen LogP contribution in [0.15, 0.2) is 46.0 Å². The molecule has 2 atom stereocenters. The van der Waals surface area contributed by atoms with Gasteiger partial charge in [-0.15, -0.1) is 0 Å². The second-order valence-corrected chi connectivity index (χ2v) is 8.37. The van der Waals surface area contributed by atoms with Crippen LogP contribution in [0.25, 0.3) is 6.08 Å². The Morgan fingerprint density at radius 3 is 2.72 bits per heavy atom. The summed E-state index contributed by atoms with van der Waals surface area (Å²) in [5.41, 5.74) is 1.89. The van der Waals surface area contributed by atoms with Crippen molar-refractivity contribution in [2.24, 2.45) is 0 Å². The number of nitrogens with one attached hydrogen (secondary N) is 2. The summed E-state index contributed by atoms with van der Waals surface area (Å²) in [6.45, 7) is 5.17. The minimum Gasteiger partial charge on any atom is -0.496 e. The number of carbonyl (C=O) groups excluding carboxylic acids is 3. The van der Waals surface area contributed by atoms with Gasteiger partial charge in [0.25, 0.3) is 0 Å². The van der Waals surface area contributed by atoms with Crippen molar-refractivity contribution in [3.8, 4) is 11.5 Å². The smallest absolute Gasteiger partial charge is 0.338 e. The van der Waals surface area contributed by atoms with Crippen molar-refractivity contribution >= 4 is 24.0 Å². The molecule has 4 rings (SSSR count). The van der Waals surface area contributed by atoms with Gasteiger partial charge >= 0.3 is 18.0 Å². The van der Waals surface area contributed by atoms with Crippen LogP contribution in [-0.2, 0) is 25.5 Å². The number of fused-ring (bicyclic) bond motifs is 1. The molecule has 2 amide bonds. The molecule has 2 aliphatic rings. The molecule has 1 aromatic heterocycles. The summed E-state index contributed by atoms with van der Waals surface area (Å²) in [7, 11) is 1.55. The maximum absolute atomic E-state index is 12.8. The fraction of sp³-hybridized carbons (Fsp3) is 0.346. The quantitative estimate of drug-likeness (QED) is 0.421. The van der Waals surface area contributed by atoms with Gasteiger partial charge in [-0.25, -0.2) is 14.4 Å². The van der Waals surface area contributed by atoms with Crippen LogP contribution in [0.4, 0.5) is 4.79 Å². The number of benzene rings is 1. The Kier molecular flexibility index (Phi) is 7.33. The van der Waals surface area contributed by atoms with E-state index in [0.29, 0.717) is 22.8 Å². The lowest BCUT2D eigenvalue weighted by Gasteiger charge is -2.27. The zero-order valence-corrected chi connectivity index (χ0v) is 20.5. The van der Waals surface area contributed by atoms with Crippen molar-refractivity contribution in [2.75, 3.05) is 20.3 Å². The first kappa shape index (κ1) is 24.9. The molecule has 2 N–H and O–H groups in total. The normalized spacial score (nSPS) is 18.8. The number of esters is 2. The Bertz CT molecular complexity index is 1240. The topological polar surface area (TPSA) is 125 Å². The molecule has 10 heteroatoms. The molecule has 0 unspecified atom stereocenters. The highest BCUT2D eigenvalue weighted by atomic mass is 16.5. The predicted octanol–water partition coefficient (Wildman–Crippen LogP) is 3.35. The first-order valence-corrected chi connectivity index (χ1v) is 11.6. The molecule has 0 radical (unpaired) electrons. The SMILES string of the molecule is CCOC(=O)C1=C(COC(=O)/C=C/c2cc3c(cc2OC)C[C@H](C)O3)NC(=O)N[C@@H]1c1ccc(C)o1. The van der Waals surface area contributed by atoms with E-state index >= 15 is 0 Å². The second kappa shape index (κ2) is 10.6. The molecule has 0 spiro atoms. The van der Waals surface area contributed by atoms with Gasteiger partial charge in [-0.1, -0.05) is 0 Å². The number of furan rings is 1. The predicted molar refractivity (Wildman–Crippen MR) is 128 cm³/mol. The largest absolute Gasteiger partial charge is 0.496 e. The number of amides is 2. The average molecular weight is 497 g/mol. The van der Waals surface area contributed by atoms with Gasteiger partial charge < -0.3 is 34.0 Å². The van der Waals surface area contributed by atoms with Crippen LogP contribution in [0.1, 0.15) is 42.5 Å². The van der Waals surface area contributed by atoms with Gasteiger partial charge in [0.05, 0.1) is 25.0 Å². The molecular formula is C26H28N2O8. The van der Waals surface area contributed by atoms with Gasteiger partial charge in [-0.3, -0.25) is 0 Å². The zero-order chi connectivity index (χ0) is 25.8. The molecule has 10 nitrogen and oxygen atoms in total. The van der Waals surface area contributed by atoms with Crippen molar-refractivity contribution in [1.29, 1.82) is 0 Å². The van der Waals surface area contributed by atoms with E-state index < -0.39 is 24.0 Å². The van der Waals surface area contributed by atoms with E-state index in [4.69, 9.17) is 23.4 Å². The molecule has 0 saturated heterocycles. The molecule has 36 heavy (non-hydrogen) atoms. The molecule has 3 heterocycles. The van der Waals surface area contributed by atoms with Crippen LogP contribution in [-0.4, -0.2) is 44.4 Å². The van der Waals surface area contributed by atoms with E-state index in [1.54, 1.807) is 39.2 Å². The molecule has 0 aliphatic carbocycles. The van der Waals surface area contributed by atoms with Crippen molar-refractivity contribution < 1.29 is 37.7 Å². The highest BCUT2D eigenvalue weighted by Gasteiger charge is 2.36. The van der Waals surface area contributed by atoms with E-state index in [-0.39, 0.29) is 30.6 Å². The number of rotatable bonds is 8. The van der Waals surface area contributed by atoms with Crippen molar-refractivity contribution in [3.05, 3.63) is 64.3 Å². The number of hydrogen-bond acceptors (Lipinski definition) is 8. The van der Waals surface area contributed by atoms with Crippen LogP contribution >= 0.6 is 0 Å². The fourth-order valence-electron chi connectivity index (χ4n) is 4.12. The van der Waals surface area contributed by atoms with Crippen LogP contribution in [0.2, 0.25) is 0 Å². The van der Waals surface area contributed by atoms with Gasteiger partial charge in [0.2, 0.25) is 0 Å².